The second-order valence-corrected chi connectivity index (χ2v) is 5.64. The largest absolute Gasteiger partial charge is 0.296 e. The van der Waals surface area contributed by atoms with Crippen LogP contribution in [0.2, 0.25) is 0 Å². The van der Waals surface area contributed by atoms with Crippen molar-refractivity contribution in [3.63, 3.8) is 0 Å². The zero-order valence-electron chi connectivity index (χ0n) is 12.4. The molecule has 3 heteroatoms. The lowest BCUT2D eigenvalue weighted by Gasteiger charge is -2.09. The molecule has 21 heavy (non-hydrogen) atoms. The van der Waals surface area contributed by atoms with Gasteiger partial charge in [0.1, 0.15) is 5.82 Å². The Kier molecular flexibility index (Phi) is 3.98. The van der Waals surface area contributed by atoms with Gasteiger partial charge in [0.05, 0.1) is 11.0 Å². The first-order valence-corrected chi connectivity index (χ1v) is 7.90. The van der Waals surface area contributed by atoms with E-state index in [1.54, 1.807) is 0 Å². The minimum absolute atomic E-state index is 0.579. The van der Waals surface area contributed by atoms with Crippen LogP contribution in [-0.2, 0) is 12.8 Å². The molecule has 0 spiro atoms. The topological polar surface area (TPSA) is 17.8 Å². The second-order valence-electron chi connectivity index (χ2n) is 5.27. The molecule has 0 aliphatic carbocycles. The third-order valence-corrected chi connectivity index (χ3v) is 4.07. The molecule has 0 radical (unpaired) electrons. The fourth-order valence-electron chi connectivity index (χ4n) is 2.71. The van der Waals surface area contributed by atoms with E-state index >= 15 is 0 Å². The van der Waals surface area contributed by atoms with Crippen molar-refractivity contribution in [1.29, 1.82) is 0 Å². The Hall–Kier alpha value is -1.80. The number of rotatable bonds is 4. The number of hydrogen-bond donors (Lipinski definition) is 0. The average molecular weight is 299 g/mol. The van der Waals surface area contributed by atoms with E-state index in [0.717, 1.165) is 35.4 Å². The highest BCUT2D eigenvalue weighted by Crippen LogP contribution is 2.24. The van der Waals surface area contributed by atoms with Gasteiger partial charge in [-0.25, -0.2) is 4.98 Å². The zero-order valence-corrected chi connectivity index (χ0v) is 13.2. The molecule has 108 valence electrons. The van der Waals surface area contributed by atoms with Crippen LogP contribution in [0.5, 0.6) is 0 Å². The Morgan fingerprint density at radius 3 is 2.52 bits per heavy atom. The van der Waals surface area contributed by atoms with Crippen LogP contribution in [-0.4, -0.2) is 15.4 Å². The van der Waals surface area contributed by atoms with Gasteiger partial charge in [-0.3, -0.25) is 4.57 Å². The number of fused-ring (bicyclic) bond motifs is 1. The lowest BCUT2D eigenvalue weighted by atomic mass is 10.1. The van der Waals surface area contributed by atoms with Crippen LogP contribution < -0.4 is 0 Å². The summed E-state index contributed by atoms with van der Waals surface area (Å²) in [5.41, 5.74) is 5.92. The van der Waals surface area contributed by atoms with E-state index < -0.39 is 0 Å². The van der Waals surface area contributed by atoms with Crippen LogP contribution in [0.3, 0.4) is 0 Å². The number of imidazole rings is 1. The Balaban J connectivity index is 2.22. The lowest BCUT2D eigenvalue weighted by Crippen LogP contribution is -2.02. The highest BCUT2D eigenvalue weighted by molar-refractivity contribution is 6.17. The minimum Gasteiger partial charge on any atom is -0.296 e. The molecule has 0 atom stereocenters. The quantitative estimate of drug-likeness (QED) is 0.640. The van der Waals surface area contributed by atoms with Gasteiger partial charge in [-0.1, -0.05) is 31.2 Å². The molecular weight excluding hydrogens is 280 g/mol. The van der Waals surface area contributed by atoms with E-state index in [4.69, 9.17) is 16.6 Å². The maximum absolute atomic E-state index is 5.96. The van der Waals surface area contributed by atoms with Gasteiger partial charge in [0.25, 0.3) is 0 Å². The fraction of sp³-hybridized carbons (Fsp3) is 0.278. The first kappa shape index (κ1) is 14.2. The molecular formula is C18H19ClN2. The maximum Gasteiger partial charge on any atom is 0.115 e. The molecule has 0 aliphatic rings. The third-order valence-electron chi connectivity index (χ3n) is 3.88. The van der Waals surface area contributed by atoms with Crippen molar-refractivity contribution in [3.8, 4) is 5.69 Å². The summed E-state index contributed by atoms with van der Waals surface area (Å²) in [5.74, 6) is 1.61. The van der Waals surface area contributed by atoms with Crippen molar-refractivity contribution in [2.75, 3.05) is 5.88 Å². The summed E-state index contributed by atoms with van der Waals surface area (Å²) < 4.78 is 2.23. The van der Waals surface area contributed by atoms with Crippen LogP contribution in [0.1, 0.15) is 23.9 Å². The standard InChI is InChI=1S/C18H19ClN2/c1-3-14-7-9-15(10-8-14)21-16-6-4-5-13(2)18(16)20-17(21)11-12-19/h4-10H,3,11-12H2,1-2H3. The van der Waals surface area contributed by atoms with Gasteiger partial charge >= 0.3 is 0 Å². The molecule has 0 unspecified atom stereocenters. The van der Waals surface area contributed by atoms with E-state index in [9.17, 15) is 0 Å². The molecule has 0 bridgehead atoms. The average Bonchev–Trinajstić information content (AvgIpc) is 2.87. The molecule has 2 nitrogen and oxygen atoms in total. The Morgan fingerprint density at radius 2 is 1.86 bits per heavy atom. The normalized spacial score (nSPS) is 11.2. The zero-order chi connectivity index (χ0) is 14.8. The molecule has 3 rings (SSSR count). The van der Waals surface area contributed by atoms with E-state index in [0.29, 0.717) is 5.88 Å². The highest BCUT2D eigenvalue weighted by atomic mass is 35.5. The lowest BCUT2D eigenvalue weighted by molar-refractivity contribution is 0.911. The van der Waals surface area contributed by atoms with Gasteiger partial charge in [-0.2, -0.15) is 0 Å². The summed E-state index contributed by atoms with van der Waals surface area (Å²) in [6.07, 6.45) is 1.82. The van der Waals surface area contributed by atoms with Gasteiger partial charge in [0.2, 0.25) is 0 Å². The van der Waals surface area contributed by atoms with Crippen molar-refractivity contribution in [1.82, 2.24) is 9.55 Å². The SMILES string of the molecule is CCc1ccc(-n2c(CCCl)nc3c(C)cccc32)cc1. The molecule has 0 saturated carbocycles. The number of alkyl halides is 1. The highest BCUT2D eigenvalue weighted by Gasteiger charge is 2.13. The smallest absolute Gasteiger partial charge is 0.115 e. The number of halogens is 1. The van der Waals surface area contributed by atoms with E-state index in [-0.39, 0.29) is 0 Å². The van der Waals surface area contributed by atoms with Crippen LogP contribution in [0.25, 0.3) is 16.7 Å². The summed E-state index contributed by atoms with van der Waals surface area (Å²) in [6, 6.07) is 15.0. The summed E-state index contributed by atoms with van der Waals surface area (Å²) in [6.45, 7) is 4.27. The van der Waals surface area contributed by atoms with Crippen molar-refractivity contribution in [3.05, 3.63) is 59.4 Å². The Labute approximate surface area is 130 Å². The number of para-hydroxylation sites is 1. The van der Waals surface area contributed by atoms with Crippen molar-refractivity contribution >= 4 is 22.6 Å². The van der Waals surface area contributed by atoms with Gasteiger partial charge in [0.15, 0.2) is 0 Å². The third kappa shape index (κ3) is 2.56. The molecule has 0 amide bonds. The molecule has 1 aromatic heterocycles. The molecule has 1 heterocycles. The molecule has 0 aliphatic heterocycles. The monoisotopic (exact) mass is 298 g/mol. The summed E-state index contributed by atoms with van der Waals surface area (Å²) in [5, 5.41) is 0. The minimum atomic E-state index is 0.579. The number of aromatic nitrogens is 2. The molecule has 0 saturated heterocycles. The van der Waals surface area contributed by atoms with Gasteiger partial charge < -0.3 is 0 Å². The number of aryl methyl sites for hydroxylation is 3. The van der Waals surface area contributed by atoms with Crippen LogP contribution in [0.4, 0.5) is 0 Å². The van der Waals surface area contributed by atoms with E-state index in [1.165, 1.54) is 11.1 Å². The number of nitrogens with zero attached hydrogens (tertiary/aromatic N) is 2. The van der Waals surface area contributed by atoms with Gasteiger partial charge in [0, 0.05) is 18.0 Å². The fourth-order valence-corrected chi connectivity index (χ4v) is 2.88. The van der Waals surface area contributed by atoms with Gasteiger partial charge in [-0.05, 0) is 42.7 Å². The van der Waals surface area contributed by atoms with E-state index in [1.807, 2.05) is 0 Å². The Morgan fingerprint density at radius 1 is 1.10 bits per heavy atom. The molecule has 3 aromatic rings. The van der Waals surface area contributed by atoms with Crippen molar-refractivity contribution < 1.29 is 0 Å². The first-order chi connectivity index (χ1) is 10.2. The van der Waals surface area contributed by atoms with Crippen LogP contribution in [0, 0.1) is 6.92 Å². The Bertz CT molecular complexity index is 757. The number of hydrogen-bond acceptors (Lipinski definition) is 1. The van der Waals surface area contributed by atoms with Crippen molar-refractivity contribution in [2.24, 2.45) is 0 Å². The predicted octanol–water partition coefficient (Wildman–Crippen LogP) is 4.68. The van der Waals surface area contributed by atoms with Gasteiger partial charge in [-0.15, -0.1) is 11.6 Å². The summed E-state index contributed by atoms with van der Waals surface area (Å²) >= 11 is 5.96. The molecule has 0 fully saturated rings. The second kappa shape index (κ2) is 5.90. The first-order valence-electron chi connectivity index (χ1n) is 7.36. The maximum atomic E-state index is 5.96. The van der Waals surface area contributed by atoms with Crippen molar-refractivity contribution in [2.45, 2.75) is 26.7 Å². The summed E-state index contributed by atoms with van der Waals surface area (Å²) in [4.78, 5) is 4.80. The van der Waals surface area contributed by atoms with Crippen LogP contribution >= 0.6 is 11.6 Å². The predicted molar refractivity (Wildman–Crippen MR) is 89.6 cm³/mol. The van der Waals surface area contributed by atoms with Crippen LogP contribution in [0.15, 0.2) is 42.5 Å². The molecule has 2 aromatic carbocycles. The number of benzene rings is 2. The summed E-state index contributed by atoms with van der Waals surface area (Å²) in [7, 11) is 0. The molecule has 0 N–H and O–H groups in total. The van der Waals surface area contributed by atoms with E-state index in [2.05, 4.69) is 60.9 Å².